The highest BCUT2D eigenvalue weighted by Crippen LogP contribution is 2.23. The van der Waals surface area contributed by atoms with E-state index in [9.17, 15) is 4.79 Å². The van der Waals surface area contributed by atoms with Gasteiger partial charge < -0.3 is 9.52 Å². The Bertz CT molecular complexity index is 702. The van der Waals surface area contributed by atoms with Crippen molar-refractivity contribution in [2.45, 2.75) is 0 Å². The van der Waals surface area contributed by atoms with E-state index in [4.69, 9.17) is 9.52 Å². The lowest BCUT2D eigenvalue weighted by Crippen LogP contribution is -2.03. The monoisotopic (exact) mass is 255 g/mol. The van der Waals surface area contributed by atoms with E-state index in [2.05, 4.69) is 10.1 Å². The first-order valence-corrected chi connectivity index (χ1v) is 5.54. The predicted molar refractivity (Wildman–Crippen MR) is 66.0 cm³/mol. The molecule has 0 bridgehead atoms. The molecule has 0 spiro atoms. The molecule has 3 heterocycles. The van der Waals surface area contributed by atoms with E-state index >= 15 is 0 Å². The Morgan fingerprint density at radius 3 is 2.79 bits per heavy atom. The second kappa shape index (κ2) is 4.41. The van der Waals surface area contributed by atoms with Crippen molar-refractivity contribution in [1.82, 2.24) is 14.8 Å². The van der Waals surface area contributed by atoms with Gasteiger partial charge in [-0.05, 0) is 24.3 Å². The summed E-state index contributed by atoms with van der Waals surface area (Å²) in [7, 11) is 0. The van der Waals surface area contributed by atoms with E-state index in [1.807, 2.05) is 0 Å². The van der Waals surface area contributed by atoms with Gasteiger partial charge in [-0.25, -0.2) is 14.5 Å². The van der Waals surface area contributed by atoms with Crippen LogP contribution in [0.2, 0.25) is 0 Å². The predicted octanol–water partition coefficient (Wildman–Crippen LogP) is 2.23. The van der Waals surface area contributed by atoms with Crippen LogP contribution >= 0.6 is 0 Å². The lowest BCUT2D eigenvalue weighted by molar-refractivity contribution is 0.0690. The fourth-order valence-electron chi connectivity index (χ4n) is 1.74. The summed E-state index contributed by atoms with van der Waals surface area (Å²) in [6, 6.07) is 10.2. The van der Waals surface area contributed by atoms with Gasteiger partial charge in [0.2, 0.25) is 0 Å². The van der Waals surface area contributed by atoms with Crippen LogP contribution in [0.3, 0.4) is 0 Å². The van der Waals surface area contributed by atoms with Crippen molar-refractivity contribution in [1.29, 1.82) is 0 Å². The van der Waals surface area contributed by atoms with Crippen LogP contribution in [-0.2, 0) is 0 Å². The van der Waals surface area contributed by atoms with Gasteiger partial charge in [0, 0.05) is 12.3 Å². The van der Waals surface area contributed by atoms with Gasteiger partial charge in [-0.15, -0.1) is 0 Å². The number of aromatic nitrogens is 3. The summed E-state index contributed by atoms with van der Waals surface area (Å²) in [5, 5.41) is 13.1. The molecule has 6 heteroatoms. The van der Waals surface area contributed by atoms with Crippen LogP contribution in [0.5, 0.6) is 0 Å². The van der Waals surface area contributed by atoms with Crippen LogP contribution in [0, 0.1) is 0 Å². The summed E-state index contributed by atoms with van der Waals surface area (Å²) in [5.41, 5.74) is 0.484. The maximum atomic E-state index is 11.0. The Morgan fingerprint density at radius 2 is 2.16 bits per heavy atom. The SMILES string of the molecule is O=C(O)c1cc(-c2ccco2)n(-c2ccccn2)n1. The van der Waals surface area contributed by atoms with Gasteiger partial charge in [0.05, 0.1) is 6.26 Å². The molecule has 0 unspecified atom stereocenters. The highest BCUT2D eigenvalue weighted by atomic mass is 16.4. The molecule has 94 valence electrons. The maximum Gasteiger partial charge on any atom is 0.356 e. The Morgan fingerprint density at radius 1 is 1.26 bits per heavy atom. The van der Waals surface area contributed by atoms with E-state index in [-0.39, 0.29) is 5.69 Å². The van der Waals surface area contributed by atoms with Crippen molar-refractivity contribution in [3.63, 3.8) is 0 Å². The molecule has 0 radical (unpaired) electrons. The summed E-state index contributed by atoms with van der Waals surface area (Å²) < 4.78 is 6.74. The van der Waals surface area contributed by atoms with E-state index in [0.717, 1.165) is 0 Å². The Labute approximate surface area is 107 Å². The minimum absolute atomic E-state index is 0.0583. The summed E-state index contributed by atoms with van der Waals surface area (Å²) in [5.74, 6) is -0.0328. The number of aromatic carboxylic acids is 1. The maximum absolute atomic E-state index is 11.0. The number of pyridine rings is 1. The Kier molecular flexibility index (Phi) is 2.60. The van der Waals surface area contributed by atoms with Crippen molar-refractivity contribution in [2.75, 3.05) is 0 Å². The summed E-state index contributed by atoms with van der Waals surface area (Å²) in [6.07, 6.45) is 3.13. The molecule has 0 amide bonds. The second-order valence-electron chi connectivity index (χ2n) is 3.80. The lowest BCUT2D eigenvalue weighted by Gasteiger charge is -2.03. The third-order valence-corrected chi connectivity index (χ3v) is 2.57. The van der Waals surface area contributed by atoms with E-state index < -0.39 is 5.97 Å². The molecule has 19 heavy (non-hydrogen) atoms. The van der Waals surface area contributed by atoms with Crippen LogP contribution in [0.1, 0.15) is 10.5 Å². The largest absolute Gasteiger partial charge is 0.476 e. The van der Waals surface area contributed by atoms with E-state index in [1.165, 1.54) is 17.0 Å². The molecule has 0 fully saturated rings. The molecule has 0 aromatic carbocycles. The number of hydrogen-bond donors (Lipinski definition) is 1. The van der Waals surface area contributed by atoms with Crippen molar-refractivity contribution in [2.24, 2.45) is 0 Å². The third kappa shape index (κ3) is 1.99. The molecule has 3 aromatic rings. The van der Waals surface area contributed by atoms with Gasteiger partial charge >= 0.3 is 5.97 Å². The molecule has 0 atom stereocenters. The molecular formula is C13H9N3O3. The Balaban J connectivity index is 2.20. The van der Waals surface area contributed by atoms with Crippen LogP contribution < -0.4 is 0 Å². The first-order chi connectivity index (χ1) is 9.25. The van der Waals surface area contributed by atoms with Crippen molar-refractivity contribution < 1.29 is 14.3 Å². The third-order valence-electron chi connectivity index (χ3n) is 2.57. The molecule has 0 aliphatic rings. The number of carboxylic acids is 1. The summed E-state index contributed by atoms with van der Waals surface area (Å²) in [4.78, 5) is 15.2. The molecule has 1 N–H and O–H groups in total. The van der Waals surface area contributed by atoms with Crippen LogP contribution in [0.15, 0.2) is 53.3 Å². The standard InChI is InChI=1S/C13H9N3O3/c17-13(18)9-8-10(11-4-3-7-19-11)16(15-9)12-5-1-2-6-14-12/h1-8H,(H,17,18). The lowest BCUT2D eigenvalue weighted by atomic mass is 10.3. The molecular weight excluding hydrogens is 246 g/mol. The molecule has 0 aliphatic heterocycles. The topological polar surface area (TPSA) is 81.1 Å². The summed E-state index contributed by atoms with van der Waals surface area (Å²) >= 11 is 0. The van der Waals surface area contributed by atoms with Gasteiger partial charge in [-0.2, -0.15) is 5.10 Å². The van der Waals surface area contributed by atoms with Crippen LogP contribution in [-0.4, -0.2) is 25.8 Å². The van der Waals surface area contributed by atoms with Gasteiger partial charge in [0.15, 0.2) is 17.3 Å². The van der Waals surface area contributed by atoms with Gasteiger partial charge in [-0.1, -0.05) is 6.07 Å². The van der Waals surface area contributed by atoms with Crippen molar-refractivity contribution in [3.05, 3.63) is 54.6 Å². The zero-order chi connectivity index (χ0) is 13.2. The quantitative estimate of drug-likeness (QED) is 0.776. The van der Waals surface area contributed by atoms with Crippen molar-refractivity contribution in [3.8, 4) is 17.3 Å². The van der Waals surface area contributed by atoms with Gasteiger partial charge in [0.1, 0.15) is 5.69 Å². The van der Waals surface area contributed by atoms with Crippen molar-refractivity contribution >= 4 is 5.97 Å². The molecule has 3 rings (SSSR count). The average molecular weight is 255 g/mol. The fraction of sp³-hybridized carbons (Fsp3) is 0. The molecule has 0 saturated carbocycles. The fourth-order valence-corrected chi connectivity index (χ4v) is 1.74. The normalized spacial score (nSPS) is 10.5. The molecule has 0 aliphatic carbocycles. The van der Waals surface area contributed by atoms with Gasteiger partial charge in [-0.3, -0.25) is 0 Å². The minimum Gasteiger partial charge on any atom is -0.476 e. The van der Waals surface area contributed by atoms with E-state index in [0.29, 0.717) is 17.3 Å². The molecule has 0 saturated heterocycles. The van der Waals surface area contributed by atoms with Crippen LogP contribution in [0.4, 0.5) is 0 Å². The minimum atomic E-state index is -1.09. The first-order valence-electron chi connectivity index (χ1n) is 5.54. The van der Waals surface area contributed by atoms with Gasteiger partial charge in [0.25, 0.3) is 0 Å². The second-order valence-corrected chi connectivity index (χ2v) is 3.80. The zero-order valence-corrected chi connectivity index (χ0v) is 9.72. The average Bonchev–Trinajstić information content (AvgIpc) is 3.08. The summed E-state index contributed by atoms with van der Waals surface area (Å²) in [6.45, 7) is 0. The number of rotatable bonds is 3. The first kappa shape index (κ1) is 11.2. The smallest absolute Gasteiger partial charge is 0.356 e. The number of carboxylic acid groups (broad SMARTS) is 1. The molecule has 6 nitrogen and oxygen atoms in total. The highest BCUT2D eigenvalue weighted by Gasteiger charge is 2.17. The zero-order valence-electron chi connectivity index (χ0n) is 9.72. The number of nitrogens with zero attached hydrogens (tertiary/aromatic N) is 3. The number of carbonyl (C=O) groups is 1. The van der Waals surface area contributed by atoms with E-state index in [1.54, 1.807) is 36.5 Å². The number of furan rings is 1. The Hall–Kier alpha value is -2.89. The molecule has 3 aromatic heterocycles. The van der Waals surface area contributed by atoms with Crippen LogP contribution in [0.25, 0.3) is 17.3 Å². The highest BCUT2D eigenvalue weighted by molar-refractivity contribution is 5.86. The number of hydrogen-bond acceptors (Lipinski definition) is 4.